The maximum Gasteiger partial charge on any atom is 0.252 e. The summed E-state index contributed by atoms with van der Waals surface area (Å²) in [6, 6.07) is 94.8. The molecule has 0 radical (unpaired) electrons. The van der Waals surface area contributed by atoms with Crippen molar-refractivity contribution < 1.29 is 9.90 Å². The van der Waals surface area contributed by atoms with E-state index in [1.54, 1.807) is 0 Å². The van der Waals surface area contributed by atoms with Crippen LogP contribution in [0.2, 0.25) is 0 Å². The quantitative estimate of drug-likeness (QED) is 0.162. The second kappa shape index (κ2) is 21.4. The molecule has 482 valence electrons. The Labute approximate surface area is 593 Å². The van der Waals surface area contributed by atoms with E-state index in [1.807, 2.05) is 12.1 Å². The van der Waals surface area contributed by atoms with Crippen LogP contribution in [0, 0.1) is 0 Å². The molecular weight excluding hydrogens is 1220 g/mol. The summed E-state index contributed by atoms with van der Waals surface area (Å²) in [7, 11) is 0. The minimum Gasteiger partial charge on any atom is -0.456 e. The Morgan fingerprint density at radius 1 is 0.297 bits per heavy atom. The van der Waals surface area contributed by atoms with E-state index in [9.17, 15) is 5.48 Å². The molecular formula is C96H74BN3O. The van der Waals surface area contributed by atoms with Crippen molar-refractivity contribution in [1.29, 1.82) is 0 Å². The molecule has 0 spiro atoms. The van der Waals surface area contributed by atoms with E-state index in [0.29, 0.717) is 50.5 Å². The van der Waals surface area contributed by atoms with Gasteiger partial charge in [0.1, 0.15) is 11.2 Å². The molecule has 14 aromatic carbocycles. The highest BCUT2D eigenvalue weighted by Crippen LogP contribution is 2.50. The summed E-state index contributed by atoms with van der Waals surface area (Å²) in [5.74, 6) is 0. The monoisotopic (exact) mass is 1300 g/mol. The third-order valence-corrected chi connectivity index (χ3v) is 21.9. The van der Waals surface area contributed by atoms with Gasteiger partial charge in [-0.05, 0) is 170 Å². The zero-order valence-corrected chi connectivity index (χ0v) is 58.2. The lowest BCUT2D eigenvalue weighted by atomic mass is 9.34. The van der Waals surface area contributed by atoms with Crippen molar-refractivity contribution in [2.75, 3.05) is 0 Å². The van der Waals surface area contributed by atoms with Crippen molar-refractivity contribution in [1.82, 2.24) is 13.7 Å². The van der Waals surface area contributed by atoms with Crippen LogP contribution in [-0.4, -0.2) is 20.4 Å². The van der Waals surface area contributed by atoms with Gasteiger partial charge in [0.2, 0.25) is 0 Å². The highest BCUT2D eigenvalue weighted by Gasteiger charge is 2.43. The number of para-hydroxylation sites is 3. The van der Waals surface area contributed by atoms with Gasteiger partial charge in [-0.1, -0.05) is 281 Å². The molecule has 0 bridgehead atoms. The maximum atomic E-state index is 12.1. The summed E-state index contributed by atoms with van der Waals surface area (Å²) in [5, 5.41) is 15.0. The second-order valence-corrected chi connectivity index (χ2v) is 31.1. The standard InChI is InChI=1S/C96H74BN3O/c1-94(2,3)59-49-73(57-31-13-10-14-32-57)89-75(51-59)67-41-21-19-37-63(67)65-39-23-25-44-70(65)86-85-72-46-28-30-48-83(72)101-84(85)56-79-92(86)99(89)81-53-61(96(7,8)9)54-82-88(81)97(79)78-55-77-69-43-27-29-47-80(69)98(62-35-17-12-18-36-62)91(77)87-71-45-26-24-40-66(71)64-38-20-22-42-68(64)76-52-60(95(4,5)6)50-74(58-33-15-11-16-34-58)90(76)100(82)93(78)87/h10-56H,1-9H3/i53D,54D,55D,56D. The van der Waals surface area contributed by atoms with Crippen LogP contribution in [-0.2, 0) is 16.2 Å². The van der Waals surface area contributed by atoms with Gasteiger partial charge < -0.3 is 18.1 Å². The molecule has 0 saturated heterocycles. The third-order valence-electron chi connectivity index (χ3n) is 21.9. The lowest BCUT2D eigenvalue weighted by molar-refractivity contribution is 0.589. The lowest BCUT2D eigenvalue weighted by Gasteiger charge is -2.38. The Balaban J connectivity index is 1.22. The highest BCUT2D eigenvalue weighted by atomic mass is 16.3. The minimum absolute atomic E-state index is 0.178. The predicted octanol–water partition coefficient (Wildman–Crippen LogP) is 24.1. The molecule has 6 heterocycles. The average molecular weight is 1300 g/mol. The Bertz CT molecular complexity index is 7060. The molecule has 0 amide bonds. The number of fused-ring (bicyclic) bond motifs is 26. The van der Waals surface area contributed by atoms with Crippen molar-refractivity contribution in [3.63, 3.8) is 0 Å². The molecule has 18 aromatic rings. The number of nitrogens with zero attached hydrogens (tertiary/aromatic N) is 3. The van der Waals surface area contributed by atoms with Gasteiger partial charge in [-0.25, -0.2) is 0 Å². The Morgan fingerprint density at radius 2 is 0.693 bits per heavy atom. The van der Waals surface area contributed by atoms with E-state index >= 15 is 0 Å². The van der Waals surface area contributed by atoms with Crippen molar-refractivity contribution in [2.24, 2.45) is 0 Å². The highest BCUT2D eigenvalue weighted by molar-refractivity contribution is 7.00. The molecule has 0 saturated carbocycles. The van der Waals surface area contributed by atoms with Gasteiger partial charge in [-0.15, -0.1) is 0 Å². The normalized spacial score (nSPS) is 13.5. The van der Waals surface area contributed by atoms with E-state index in [0.717, 1.165) is 158 Å². The summed E-state index contributed by atoms with van der Waals surface area (Å²) in [4.78, 5) is 0. The second-order valence-electron chi connectivity index (χ2n) is 31.1. The van der Waals surface area contributed by atoms with Crippen LogP contribution < -0.4 is 16.4 Å². The van der Waals surface area contributed by atoms with Crippen LogP contribution in [0.1, 0.15) is 84.5 Å². The molecule has 0 atom stereocenters. The molecule has 4 nitrogen and oxygen atoms in total. The van der Waals surface area contributed by atoms with Gasteiger partial charge >= 0.3 is 0 Å². The summed E-state index contributed by atoms with van der Waals surface area (Å²) >= 11 is 0. The number of furan rings is 1. The van der Waals surface area contributed by atoms with Gasteiger partial charge in [0, 0.05) is 71.3 Å². The molecule has 101 heavy (non-hydrogen) atoms. The SMILES string of the molecule is [2H]c1c2c3c(c([2H])c1C(C)(C)C)-n1c4c(-c5ccccc5)cc(C(C)(C)C)cc4c4ccccc4c4ccccc4c4c1c(c([2H])c1c5ccccc5n(-c5ccccc5)c14)B3c1c([2H])c3oc4ccccc4c3c3c4ccccc4c4ccccc4c4cc(C(C)(C)C)cc(-c5ccccc5)c4n-2c13. The zero-order chi connectivity index (χ0) is 71.6. The number of hydrogen-bond donors (Lipinski definition) is 0. The van der Waals surface area contributed by atoms with Crippen LogP contribution in [0.5, 0.6) is 0 Å². The van der Waals surface area contributed by atoms with Crippen molar-refractivity contribution in [2.45, 2.75) is 78.6 Å². The van der Waals surface area contributed by atoms with E-state index in [4.69, 9.17) is 4.42 Å². The number of aromatic nitrogens is 3. The van der Waals surface area contributed by atoms with Gasteiger partial charge in [-0.3, -0.25) is 0 Å². The molecule has 2 aliphatic heterocycles. The Kier molecular flexibility index (Phi) is 11.7. The number of hydrogen-bond acceptors (Lipinski definition) is 1. The van der Waals surface area contributed by atoms with E-state index in [-0.39, 0.29) is 29.0 Å². The largest absolute Gasteiger partial charge is 0.456 e. The van der Waals surface area contributed by atoms with Crippen LogP contribution in [0.3, 0.4) is 0 Å². The summed E-state index contributed by atoms with van der Waals surface area (Å²) in [6.45, 7) is 19.3. The first-order chi connectivity index (χ1) is 50.8. The van der Waals surface area contributed by atoms with Gasteiger partial charge in [0.05, 0.1) is 38.6 Å². The molecule has 20 rings (SSSR count). The summed E-state index contributed by atoms with van der Waals surface area (Å²) < 4.78 is 62.5. The number of rotatable bonds is 3. The van der Waals surface area contributed by atoms with Crippen molar-refractivity contribution >= 4 is 154 Å². The van der Waals surface area contributed by atoms with Crippen LogP contribution in [0.15, 0.2) is 289 Å². The first-order valence-electron chi connectivity index (χ1n) is 37.5. The fourth-order valence-electron chi connectivity index (χ4n) is 17.2. The van der Waals surface area contributed by atoms with Crippen LogP contribution >= 0.6 is 0 Å². The molecule has 0 fully saturated rings. The van der Waals surface area contributed by atoms with Crippen LogP contribution in [0.4, 0.5) is 0 Å². The Hall–Kier alpha value is -11.7. The maximum absolute atomic E-state index is 12.1. The average Bonchev–Trinajstić information content (AvgIpc) is 1.65. The molecule has 0 aliphatic carbocycles. The molecule has 2 aliphatic rings. The van der Waals surface area contributed by atoms with Crippen molar-refractivity contribution in [3.8, 4) is 39.3 Å². The van der Waals surface area contributed by atoms with Gasteiger partial charge in [0.25, 0.3) is 6.71 Å². The topological polar surface area (TPSA) is 27.9 Å². The smallest absolute Gasteiger partial charge is 0.252 e. The van der Waals surface area contributed by atoms with Crippen molar-refractivity contribution in [3.05, 3.63) is 302 Å². The molecule has 0 N–H and O–H groups in total. The predicted molar refractivity (Wildman–Crippen MR) is 434 cm³/mol. The summed E-state index contributed by atoms with van der Waals surface area (Å²) in [6.07, 6.45) is 0. The zero-order valence-electron chi connectivity index (χ0n) is 62.2. The molecule has 4 aromatic heterocycles. The first-order valence-corrected chi connectivity index (χ1v) is 35.5. The fourth-order valence-corrected chi connectivity index (χ4v) is 17.2. The van der Waals surface area contributed by atoms with Crippen LogP contribution in [0.25, 0.3) is 170 Å². The van der Waals surface area contributed by atoms with E-state index < -0.39 is 12.1 Å². The molecule has 0 unspecified atom stereocenters. The van der Waals surface area contributed by atoms with Gasteiger partial charge in [-0.2, -0.15) is 0 Å². The lowest BCUT2D eigenvalue weighted by Crippen LogP contribution is -2.60. The van der Waals surface area contributed by atoms with E-state index in [2.05, 4.69) is 325 Å². The van der Waals surface area contributed by atoms with Gasteiger partial charge in [0.15, 0.2) is 0 Å². The van der Waals surface area contributed by atoms with E-state index in [1.165, 1.54) is 0 Å². The summed E-state index contributed by atoms with van der Waals surface area (Å²) in [5.41, 5.74) is 15.3. The molecule has 5 heteroatoms. The fraction of sp³-hybridized carbons (Fsp3) is 0.125. The first kappa shape index (κ1) is 55.2. The Morgan fingerprint density at radius 3 is 1.20 bits per heavy atom. The number of benzene rings is 14. The minimum atomic E-state index is -1.01. The third kappa shape index (κ3) is 8.62.